The van der Waals surface area contributed by atoms with Crippen molar-refractivity contribution in [3.05, 3.63) is 42.0 Å². The summed E-state index contributed by atoms with van der Waals surface area (Å²) < 4.78 is 5.37. The van der Waals surface area contributed by atoms with E-state index >= 15 is 0 Å². The molecule has 1 N–H and O–H groups in total. The highest BCUT2D eigenvalue weighted by atomic mass is 16.5. The lowest BCUT2D eigenvalue weighted by atomic mass is 10.1. The first kappa shape index (κ1) is 7.37. The Kier molecular flexibility index (Phi) is 1.84. The standard InChI is InChI=1S/C10H10O2/c11-9-5-3-7-12-10-6-2-1-4-8(9)10/h1-6,9,11H,7H2. The molecule has 0 saturated heterocycles. The van der Waals surface area contributed by atoms with Gasteiger partial charge in [0, 0.05) is 5.56 Å². The quantitative estimate of drug-likeness (QED) is 0.588. The average Bonchev–Trinajstić information content (AvgIpc) is 2.29. The third-order valence-corrected chi connectivity index (χ3v) is 1.89. The van der Waals surface area contributed by atoms with E-state index < -0.39 is 6.10 Å². The van der Waals surface area contributed by atoms with Gasteiger partial charge >= 0.3 is 0 Å². The van der Waals surface area contributed by atoms with E-state index in [1.165, 1.54) is 0 Å². The largest absolute Gasteiger partial charge is 0.489 e. The van der Waals surface area contributed by atoms with Crippen molar-refractivity contribution in [2.24, 2.45) is 0 Å². The fourth-order valence-corrected chi connectivity index (χ4v) is 1.28. The van der Waals surface area contributed by atoms with E-state index in [0.29, 0.717) is 6.61 Å². The molecular weight excluding hydrogens is 152 g/mol. The van der Waals surface area contributed by atoms with Gasteiger partial charge < -0.3 is 9.84 Å². The van der Waals surface area contributed by atoms with Crippen LogP contribution in [0.25, 0.3) is 0 Å². The van der Waals surface area contributed by atoms with Crippen LogP contribution >= 0.6 is 0 Å². The minimum Gasteiger partial charge on any atom is -0.489 e. The molecule has 0 aromatic heterocycles. The first-order chi connectivity index (χ1) is 5.88. The van der Waals surface area contributed by atoms with Crippen molar-refractivity contribution in [1.29, 1.82) is 0 Å². The third kappa shape index (κ3) is 1.21. The fraction of sp³-hybridized carbons (Fsp3) is 0.200. The minimum absolute atomic E-state index is 0.524. The van der Waals surface area contributed by atoms with Crippen molar-refractivity contribution in [1.82, 2.24) is 0 Å². The number of hydrogen-bond donors (Lipinski definition) is 1. The number of fused-ring (bicyclic) bond motifs is 1. The van der Waals surface area contributed by atoms with Gasteiger partial charge in [-0.15, -0.1) is 0 Å². The molecule has 0 bridgehead atoms. The van der Waals surface area contributed by atoms with Crippen LogP contribution in [0, 0.1) is 0 Å². The van der Waals surface area contributed by atoms with Gasteiger partial charge in [-0.2, -0.15) is 0 Å². The van der Waals surface area contributed by atoms with Gasteiger partial charge in [-0.25, -0.2) is 0 Å². The summed E-state index contributed by atoms with van der Waals surface area (Å²) in [4.78, 5) is 0. The van der Waals surface area contributed by atoms with Gasteiger partial charge in [0.05, 0.1) is 0 Å². The number of hydrogen-bond acceptors (Lipinski definition) is 2. The fourth-order valence-electron chi connectivity index (χ4n) is 1.28. The maximum Gasteiger partial charge on any atom is 0.125 e. The molecule has 1 aliphatic rings. The smallest absolute Gasteiger partial charge is 0.125 e. The second kappa shape index (κ2) is 2.99. The molecule has 0 saturated carbocycles. The zero-order valence-corrected chi connectivity index (χ0v) is 6.60. The molecule has 2 heteroatoms. The van der Waals surface area contributed by atoms with Crippen molar-refractivity contribution >= 4 is 0 Å². The number of benzene rings is 1. The Morgan fingerprint density at radius 2 is 2.17 bits per heavy atom. The van der Waals surface area contributed by atoms with Crippen molar-refractivity contribution in [3.63, 3.8) is 0 Å². The highest BCUT2D eigenvalue weighted by Crippen LogP contribution is 2.27. The molecule has 1 aromatic rings. The summed E-state index contributed by atoms with van der Waals surface area (Å²) >= 11 is 0. The van der Waals surface area contributed by atoms with Crippen LogP contribution in [0.3, 0.4) is 0 Å². The lowest BCUT2D eigenvalue weighted by molar-refractivity contribution is 0.226. The lowest BCUT2D eigenvalue weighted by Crippen LogP contribution is -1.95. The predicted octanol–water partition coefficient (Wildman–Crippen LogP) is 1.67. The van der Waals surface area contributed by atoms with Gasteiger partial charge in [0.2, 0.25) is 0 Å². The molecule has 0 spiro atoms. The summed E-state index contributed by atoms with van der Waals surface area (Å²) in [6.45, 7) is 0.536. The van der Waals surface area contributed by atoms with Gasteiger partial charge in [0.15, 0.2) is 0 Å². The van der Waals surface area contributed by atoms with Crippen LogP contribution in [0.1, 0.15) is 11.7 Å². The Balaban J connectivity index is 2.46. The van der Waals surface area contributed by atoms with E-state index in [9.17, 15) is 5.11 Å². The van der Waals surface area contributed by atoms with Crippen molar-refractivity contribution in [3.8, 4) is 5.75 Å². The number of para-hydroxylation sites is 1. The molecule has 2 rings (SSSR count). The first-order valence-corrected chi connectivity index (χ1v) is 3.94. The normalized spacial score (nSPS) is 20.9. The monoisotopic (exact) mass is 162 g/mol. The number of aliphatic hydroxyl groups is 1. The first-order valence-electron chi connectivity index (χ1n) is 3.94. The van der Waals surface area contributed by atoms with Crippen LogP contribution in [0.5, 0.6) is 5.75 Å². The Morgan fingerprint density at radius 3 is 3.08 bits per heavy atom. The number of aliphatic hydroxyl groups excluding tert-OH is 1. The van der Waals surface area contributed by atoms with E-state index in [2.05, 4.69) is 0 Å². The molecule has 0 radical (unpaired) electrons. The Hall–Kier alpha value is -1.28. The van der Waals surface area contributed by atoms with Gasteiger partial charge in [-0.3, -0.25) is 0 Å². The Morgan fingerprint density at radius 1 is 1.33 bits per heavy atom. The summed E-state index contributed by atoms with van der Waals surface area (Å²) in [7, 11) is 0. The highest BCUT2D eigenvalue weighted by molar-refractivity contribution is 5.38. The van der Waals surface area contributed by atoms with E-state index in [1.54, 1.807) is 6.08 Å². The number of ether oxygens (including phenoxy) is 1. The second-order valence-electron chi connectivity index (χ2n) is 2.72. The van der Waals surface area contributed by atoms with E-state index in [-0.39, 0.29) is 0 Å². The van der Waals surface area contributed by atoms with Crippen molar-refractivity contribution < 1.29 is 9.84 Å². The van der Waals surface area contributed by atoms with Crippen LogP contribution in [-0.4, -0.2) is 11.7 Å². The molecule has 1 aliphatic heterocycles. The molecular formula is C10H10O2. The SMILES string of the molecule is OC1C=CCOc2ccccc21. The van der Waals surface area contributed by atoms with Gasteiger partial charge in [-0.1, -0.05) is 24.3 Å². The topological polar surface area (TPSA) is 29.5 Å². The molecule has 1 aromatic carbocycles. The maximum atomic E-state index is 9.57. The van der Waals surface area contributed by atoms with E-state index in [1.807, 2.05) is 30.3 Å². The summed E-state index contributed by atoms with van der Waals surface area (Å²) in [6, 6.07) is 7.53. The maximum absolute atomic E-state index is 9.57. The second-order valence-corrected chi connectivity index (χ2v) is 2.72. The summed E-state index contributed by atoms with van der Waals surface area (Å²) in [5.74, 6) is 0.773. The summed E-state index contributed by atoms with van der Waals surface area (Å²) in [5, 5.41) is 9.57. The summed E-state index contributed by atoms with van der Waals surface area (Å²) in [6.07, 6.45) is 3.04. The van der Waals surface area contributed by atoms with Crippen LogP contribution in [0.15, 0.2) is 36.4 Å². The van der Waals surface area contributed by atoms with Crippen LogP contribution in [0.4, 0.5) is 0 Å². The van der Waals surface area contributed by atoms with Crippen LogP contribution < -0.4 is 4.74 Å². The predicted molar refractivity (Wildman–Crippen MR) is 46.0 cm³/mol. The van der Waals surface area contributed by atoms with Gasteiger partial charge in [0.25, 0.3) is 0 Å². The Labute approximate surface area is 71.1 Å². The van der Waals surface area contributed by atoms with E-state index in [4.69, 9.17) is 4.74 Å². The van der Waals surface area contributed by atoms with E-state index in [0.717, 1.165) is 11.3 Å². The lowest BCUT2D eigenvalue weighted by Gasteiger charge is -2.08. The molecule has 62 valence electrons. The number of rotatable bonds is 0. The molecule has 0 amide bonds. The van der Waals surface area contributed by atoms with Gasteiger partial charge in [0.1, 0.15) is 18.5 Å². The zero-order chi connectivity index (χ0) is 8.39. The van der Waals surface area contributed by atoms with Crippen LogP contribution in [0.2, 0.25) is 0 Å². The average molecular weight is 162 g/mol. The highest BCUT2D eigenvalue weighted by Gasteiger charge is 2.11. The molecule has 0 aliphatic carbocycles. The van der Waals surface area contributed by atoms with Crippen molar-refractivity contribution in [2.75, 3.05) is 6.61 Å². The third-order valence-electron chi connectivity index (χ3n) is 1.89. The minimum atomic E-state index is -0.524. The van der Waals surface area contributed by atoms with Gasteiger partial charge in [-0.05, 0) is 12.1 Å². The molecule has 1 unspecified atom stereocenters. The van der Waals surface area contributed by atoms with Crippen molar-refractivity contribution in [2.45, 2.75) is 6.10 Å². The van der Waals surface area contributed by atoms with Crippen LogP contribution in [-0.2, 0) is 0 Å². The molecule has 2 nitrogen and oxygen atoms in total. The molecule has 1 heterocycles. The molecule has 0 fully saturated rings. The molecule has 12 heavy (non-hydrogen) atoms. The Bertz CT molecular complexity index is 304. The zero-order valence-electron chi connectivity index (χ0n) is 6.60. The summed E-state index contributed by atoms with van der Waals surface area (Å²) in [5.41, 5.74) is 0.839. The molecule has 1 atom stereocenters.